The summed E-state index contributed by atoms with van der Waals surface area (Å²) in [4.78, 5) is 23.9. The Hall–Kier alpha value is -2.96. The first kappa shape index (κ1) is 17.4. The zero-order valence-corrected chi connectivity index (χ0v) is 13.8. The predicted octanol–water partition coefficient (Wildman–Crippen LogP) is 1.73. The maximum Gasteiger partial charge on any atom is 0.287 e. The fourth-order valence-electron chi connectivity index (χ4n) is 2.07. The molecule has 0 saturated heterocycles. The number of carbonyl (C=O) groups is 2. The highest BCUT2D eigenvalue weighted by Gasteiger charge is 2.18. The number of ether oxygens (including phenoxy) is 2. The van der Waals surface area contributed by atoms with Crippen molar-refractivity contribution in [3.05, 3.63) is 47.9 Å². The van der Waals surface area contributed by atoms with Gasteiger partial charge in [0.2, 0.25) is 5.91 Å². The van der Waals surface area contributed by atoms with Crippen molar-refractivity contribution < 1.29 is 23.5 Å². The molecule has 0 aliphatic rings. The first-order chi connectivity index (χ1) is 11.5. The summed E-state index contributed by atoms with van der Waals surface area (Å²) in [6, 6.07) is 7.82. The number of hydrogen-bond donors (Lipinski definition) is 2. The second kappa shape index (κ2) is 8.05. The lowest BCUT2D eigenvalue weighted by molar-refractivity contribution is -0.122. The number of rotatable bonds is 7. The van der Waals surface area contributed by atoms with Crippen LogP contribution in [-0.4, -0.2) is 32.1 Å². The summed E-state index contributed by atoms with van der Waals surface area (Å²) < 4.78 is 15.4. The van der Waals surface area contributed by atoms with E-state index < -0.39 is 11.9 Å². The van der Waals surface area contributed by atoms with Gasteiger partial charge in [-0.05, 0) is 36.8 Å². The second-order valence-electron chi connectivity index (χ2n) is 5.08. The molecule has 0 radical (unpaired) electrons. The van der Waals surface area contributed by atoms with E-state index in [1.165, 1.54) is 12.3 Å². The summed E-state index contributed by atoms with van der Waals surface area (Å²) in [7, 11) is 3.11. The zero-order valence-electron chi connectivity index (χ0n) is 13.8. The van der Waals surface area contributed by atoms with Crippen molar-refractivity contribution in [2.45, 2.75) is 19.5 Å². The molecular formula is C17H20N2O5. The van der Waals surface area contributed by atoms with Crippen LogP contribution < -0.4 is 20.1 Å². The normalized spacial score (nSPS) is 11.5. The van der Waals surface area contributed by atoms with E-state index in [0.29, 0.717) is 18.0 Å². The number of methoxy groups -OCH3 is 2. The first-order valence-electron chi connectivity index (χ1n) is 7.38. The van der Waals surface area contributed by atoms with Crippen LogP contribution in [0.25, 0.3) is 0 Å². The SMILES string of the molecule is COc1ccc(CNC(=O)C(C)NC(=O)c2ccco2)cc1OC. The van der Waals surface area contributed by atoms with Crippen molar-refractivity contribution in [1.29, 1.82) is 0 Å². The molecule has 1 unspecified atom stereocenters. The number of furan rings is 1. The molecule has 2 amide bonds. The Kier molecular flexibility index (Phi) is 5.83. The average Bonchev–Trinajstić information content (AvgIpc) is 3.13. The summed E-state index contributed by atoms with van der Waals surface area (Å²) in [5.74, 6) is 0.628. The monoisotopic (exact) mass is 332 g/mol. The van der Waals surface area contributed by atoms with Crippen molar-refractivity contribution >= 4 is 11.8 Å². The third-order valence-electron chi connectivity index (χ3n) is 3.40. The zero-order chi connectivity index (χ0) is 17.5. The molecule has 7 heteroatoms. The van der Waals surface area contributed by atoms with Gasteiger partial charge in [0.05, 0.1) is 20.5 Å². The molecule has 0 saturated carbocycles. The average molecular weight is 332 g/mol. The number of amides is 2. The molecule has 0 spiro atoms. The minimum Gasteiger partial charge on any atom is -0.493 e. The maximum absolute atomic E-state index is 12.1. The van der Waals surface area contributed by atoms with Crippen LogP contribution in [0.3, 0.4) is 0 Å². The summed E-state index contributed by atoms with van der Waals surface area (Å²) in [5, 5.41) is 5.33. The van der Waals surface area contributed by atoms with Crippen LogP contribution in [0.15, 0.2) is 41.0 Å². The van der Waals surface area contributed by atoms with Crippen molar-refractivity contribution in [2.24, 2.45) is 0 Å². The number of hydrogen-bond acceptors (Lipinski definition) is 5. The fourth-order valence-corrected chi connectivity index (χ4v) is 2.07. The van der Waals surface area contributed by atoms with Crippen LogP contribution in [-0.2, 0) is 11.3 Å². The highest BCUT2D eigenvalue weighted by atomic mass is 16.5. The van der Waals surface area contributed by atoms with Crippen molar-refractivity contribution in [2.75, 3.05) is 14.2 Å². The molecule has 1 heterocycles. The molecule has 0 aliphatic carbocycles. The van der Waals surface area contributed by atoms with Gasteiger partial charge in [0.1, 0.15) is 6.04 Å². The second-order valence-corrected chi connectivity index (χ2v) is 5.08. The van der Waals surface area contributed by atoms with Gasteiger partial charge >= 0.3 is 0 Å². The summed E-state index contributed by atoms with van der Waals surface area (Å²) in [6.45, 7) is 1.91. The van der Waals surface area contributed by atoms with E-state index in [0.717, 1.165) is 5.56 Å². The number of carbonyl (C=O) groups excluding carboxylic acids is 2. The molecule has 0 bridgehead atoms. The molecule has 24 heavy (non-hydrogen) atoms. The minimum absolute atomic E-state index is 0.162. The number of benzene rings is 1. The van der Waals surface area contributed by atoms with Gasteiger partial charge in [0, 0.05) is 6.54 Å². The molecule has 2 rings (SSSR count). The lowest BCUT2D eigenvalue weighted by Crippen LogP contribution is -2.44. The van der Waals surface area contributed by atoms with Gasteiger partial charge in [0.25, 0.3) is 5.91 Å². The van der Waals surface area contributed by atoms with Crippen LogP contribution in [0.2, 0.25) is 0 Å². The molecule has 2 N–H and O–H groups in total. The molecule has 1 aromatic carbocycles. The summed E-state index contributed by atoms with van der Waals surface area (Å²) in [5.41, 5.74) is 0.852. The molecule has 1 aromatic heterocycles. The predicted molar refractivity (Wildman–Crippen MR) is 87.0 cm³/mol. The summed E-state index contributed by atoms with van der Waals surface area (Å²) >= 11 is 0. The third-order valence-corrected chi connectivity index (χ3v) is 3.40. The molecule has 7 nitrogen and oxygen atoms in total. The van der Waals surface area contributed by atoms with Crippen LogP contribution >= 0.6 is 0 Å². The van der Waals surface area contributed by atoms with E-state index in [9.17, 15) is 9.59 Å². The highest BCUT2D eigenvalue weighted by Crippen LogP contribution is 2.27. The van der Waals surface area contributed by atoms with E-state index >= 15 is 0 Å². The lowest BCUT2D eigenvalue weighted by atomic mass is 10.2. The third kappa shape index (κ3) is 4.28. The van der Waals surface area contributed by atoms with Crippen molar-refractivity contribution in [1.82, 2.24) is 10.6 Å². The smallest absolute Gasteiger partial charge is 0.287 e. The van der Waals surface area contributed by atoms with Crippen LogP contribution in [0.4, 0.5) is 0 Å². The van der Waals surface area contributed by atoms with E-state index in [2.05, 4.69) is 10.6 Å². The fraction of sp³-hybridized carbons (Fsp3) is 0.294. The minimum atomic E-state index is -0.692. The Morgan fingerprint density at radius 1 is 1.17 bits per heavy atom. The maximum atomic E-state index is 12.1. The van der Waals surface area contributed by atoms with Gasteiger partial charge in [-0.25, -0.2) is 0 Å². The Labute approximate surface area is 139 Å². The van der Waals surface area contributed by atoms with Crippen LogP contribution in [0, 0.1) is 0 Å². The van der Waals surface area contributed by atoms with E-state index in [4.69, 9.17) is 13.9 Å². The lowest BCUT2D eigenvalue weighted by Gasteiger charge is -2.14. The number of nitrogens with one attached hydrogen (secondary N) is 2. The van der Waals surface area contributed by atoms with Gasteiger partial charge < -0.3 is 24.5 Å². The molecular weight excluding hydrogens is 312 g/mol. The van der Waals surface area contributed by atoms with Gasteiger partial charge in [-0.1, -0.05) is 6.07 Å². The van der Waals surface area contributed by atoms with Gasteiger partial charge in [-0.3, -0.25) is 9.59 Å². The van der Waals surface area contributed by atoms with Crippen LogP contribution in [0.5, 0.6) is 11.5 Å². The Bertz CT molecular complexity index is 697. The van der Waals surface area contributed by atoms with Gasteiger partial charge in [0.15, 0.2) is 17.3 Å². The highest BCUT2D eigenvalue weighted by molar-refractivity contribution is 5.95. The first-order valence-corrected chi connectivity index (χ1v) is 7.38. The van der Waals surface area contributed by atoms with Gasteiger partial charge in [-0.15, -0.1) is 0 Å². The molecule has 2 aromatic rings. The Morgan fingerprint density at radius 3 is 2.54 bits per heavy atom. The van der Waals surface area contributed by atoms with Gasteiger partial charge in [-0.2, -0.15) is 0 Å². The standard InChI is InChI=1S/C17H20N2O5/c1-11(19-17(21)14-5-4-8-24-14)16(20)18-10-12-6-7-13(22-2)15(9-12)23-3/h4-9,11H,10H2,1-3H3,(H,18,20)(H,19,21). The van der Waals surface area contributed by atoms with Crippen molar-refractivity contribution in [3.63, 3.8) is 0 Å². The van der Waals surface area contributed by atoms with E-state index in [-0.39, 0.29) is 11.7 Å². The molecule has 128 valence electrons. The van der Waals surface area contributed by atoms with E-state index in [1.54, 1.807) is 39.3 Å². The Balaban J connectivity index is 1.89. The van der Waals surface area contributed by atoms with Crippen LogP contribution in [0.1, 0.15) is 23.0 Å². The topological polar surface area (TPSA) is 89.8 Å². The van der Waals surface area contributed by atoms with Crippen molar-refractivity contribution in [3.8, 4) is 11.5 Å². The largest absolute Gasteiger partial charge is 0.493 e. The molecule has 0 fully saturated rings. The Morgan fingerprint density at radius 2 is 1.92 bits per heavy atom. The molecule has 0 aliphatic heterocycles. The molecule has 1 atom stereocenters. The quantitative estimate of drug-likeness (QED) is 0.806. The summed E-state index contributed by atoms with van der Waals surface area (Å²) in [6.07, 6.45) is 1.40. The van der Waals surface area contributed by atoms with E-state index in [1.807, 2.05) is 6.07 Å².